The van der Waals surface area contributed by atoms with Gasteiger partial charge in [0.2, 0.25) is 5.91 Å². The maximum Gasteiger partial charge on any atom is 0.242 e. The third-order valence-electron chi connectivity index (χ3n) is 5.37. The second-order valence-electron chi connectivity index (χ2n) is 6.60. The zero-order valence-electron chi connectivity index (χ0n) is 13.0. The second kappa shape index (κ2) is 5.41. The van der Waals surface area contributed by atoms with Gasteiger partial charge in [-0.3, -0.25) is 4.79 Å². The zero-order chi connectivity index (χ0) is 14.1. The predicted octanol–water partition coefficient (Wildman–Crippen LogP) is 1.46. The van der Waals surface area contributed by atoms with Gasteiger partial charge in [0.15, 0.2) is 0 Å². The van der Waals surface area contributed by atoms with E-state index >= 15 is 0 Å². The summed E-state index contributed by atoms with van der Waals surface area (Å²) in [5.41, 5.74) is -0.0655. The van der Waals surface area contributed by atoms with Crippen molar-refractivity contribution in [1.82, 2.24) is 15.1 Å². The van der Waals surface area contributed by atoms with Gasteiger partial charge < -0.3 is 15.1 Å². The number of carbonyl (C=O) groups excluding carboxylic acids is 1. The van der Waals surface area contributed by atoms with Crippen LogP contribution in [0.2, 0.25) is 0 Å². The van der Waals surface area contributed by atoms with Gasteiger partial charge in [0.05, 0.1) is 5.54 Å². The van der Waals surface area contributed by atoms with E-state index in [1.54, 1.807) is 0 Å². The first kappa shape index (κ1) is 14.8. The minimum absolute atomic E-state index is 0.220. The smallest absolute Gasteiger partial charge is 0.242 e. The van der Waals surface area contributed by atoms with Gasteiger partial charge in [-0.25, -0.2) is 0 Å². The molecule has 2 fully saturated rings. The summed E-state index contributed by atoms with van der Waals surface area (Å²) in [6, 6.07) is 0. The van der Waals surface area contributed by atoms with Crippen molar-refractivity contribution in [3.05, 3.63) is 0 Å². The topological polar surface area (TPSA) is 35.6 Å². The van der Waals surface area contributed by atoms with Crippen LogP contribution in [0.15, 0.2) is 0 Å². The lowest BCUT2D eigenvalue weighted by Crippen LogP contribution is -2.61. The van der Waals surface area contributed by atoms with Crippen LogP contribution in [0.4, 0.5) is 0 Å². The van der Waals surface area contributed by atoms with Gasteiger partial charge in [0.1, 0.15) is 0 Å². The van der Waals surface area contributed by atoms with Crippen molar-refractivity contribution in [2.45, 2.75) is 56.5 Å². The Morgan fingerprint density at radius 1 is 1.16 bits per heavy atom. The molecule has 110 valence electrons. The van der Waals surface area contributed by atoms with E-state index in [1.165, 1.54) is 19.3 Å². The molecule has 1 amide bonds. The van der Waals surface area contributed by atoms with Crippen molar-refractivity contribution >= 4 is 5.91 Å². The largest absolute Gasteiger partial charge is 0.342 e. The molecule has 0 radical (unpaired) electrons. The number of nitrogens with one attached hydrogen (secondary N) is 1. The minimum Gasteiger partial charge on any atom is -0.342 e. The minimum atomic E-state index is -0.286. The van der Waals surface area contributed by atoms with Crippen LogP contribution in [-0.2, 0) is 4.79 Å². The summed E-state index contributed by atoms with van der Waals surface area (Å²) in [6.07, 6.45) is 6.71. The summed E-state index contributed by atoms with van der Waals surface area (Å²) in [5.74, 6) is 0.292. The monoisotopic (exact) mass is 267 g/mol. The summed E-state index contributed by atoms with van der Waals surface area (Å²) >= 11 is 0. The molecule has 4 heteroatoms. The van der Waals surface area contributed by atoms with Crippen LogP contribution in [0, 0.1) is 0 Å². The van der Waals surface area contributed by atoms with Crippen molar-refractivity contribution in [1.29, 1.82) is 0 Å². The molecule has 0 aromatic carbocycles. The Kier molecular flexibility index (Phi) is 4.21. The van der Waals surface area contributed by atoms with Crippen LogP contribution in [0.1, 0.15) is 45.4 Å². The number of likely N-dealkylation sites (N-methyl/N-ethyl adjacent to an activating group) is 2. The van der Waals surface area contributed by atoms with Crippen molar-refractivity contribution in [3.8, 4) is 0 Å². The molecular formula is C15H29N3O. The van der Waals surface area contributed by atoms with Crippen LogP contribution in [0.5, 0.6) is 0 Å². The van der Waals surface area contributed by atoms with Gasteiger partial charge in [0.25, 0.3) is 0 Å². The molecule has 1 unspecified atom stereocenters. The van der Waals surface area contributed by atoms with Crippen LogP contribution in [0.3, 0.4) is 0 Å². The molecule has 2 rings (SSSR count). The molecule has 1 heterocycles. The summed E-state index contributed by atoms with van der Waals surface area (Å²) in [6.45, 7) is 3.96. The number of amides is 1. The summed E-state index contributed by atoms with van der Waals surface area (Å²) in [4.78, 5) is 17.1. The first-order valence-electron chi connectivity index (χ1n) is 7.64. The van der Waals surface area contributed by atoms with Gasteiger partial charge in [0, 0.05) is 19.1 Å². The Bertz CT molecular complexity index is 330. The highest BCUT2D eigenvalue weighted by Crippen LogP contribution is 2.37. The fourth-order valence-electron chi connectivity index (χ4n) is 3.65. The molecule has 1 saturated carbocycles. The Morgan fingerprint density at radius 2 is 1.84 bits per heavy atom. The molecule has 4 nitrogen and oxygen atoms in total. The lowest BCUT2D eigenvalue weighted by molar-refractivity contribution is -0.139. The molecule has 1 atom stereocenters. The van der Waals surface area contributed by atoms with Crippen molar-refractivity contribution in [3.63, 3.8) is 0 Å². The third-order valence-corrected chi connectivity index (χ3v) is 5.37. The first-order chi connectivity index (χ1) is 8.96. The zero-order valence-corrected chi connectivity index (χ0v) is 13.0. The SMILES string of the molecule is CCC1(C(=O)N(C)CC2(N(C)C)CCC2)CCCN1. The Balaban J connectivity index is 2.03. The van der Waals surface area contributed by atoms with E-state index in [9.17, 15) is 4.79 Å². The predicted molar refractivity (Wildman–Crippen MR) is 78.2 cm³/mol. The maximum absolute atomic E-state index is 12.8. The number of hydrogen-bond acceptors (Lipinski definition) is 3. The van der Waals surface area contributed by atoms with E-state index in [-0.39, 0.29) is 11.1 Å². The van der Waals surface area contributed by atoms with Gasteiger partial charge in [-0.15, -0.1) is 0 Å². The average Bonchev–Trinajstić information content (AvgIpc) is 2.81. The van der Waals surface area contributed by atoms with Crippen molar-refractivity contribution in [2.24, 2.45) is 0 Å². The van der Waals surface area contributed by atoms with E-state index < -0.39 is 0 Å². The third kappa shape index (κ3) is 2.52. The number of nitrogens with zero attached hydrogens (tertiary/aromatic N) is 2. The summed E-state index contributed by atoms with van der Waals surface area (Å²) in [7, 11) is 6.26. The van der Waals surface area contributed by atoms with Gasteiger partial charge in [-0.05, 0) is 59.2 Å². The molecule has 0 aromatic rings. The number of rotatable bonds is 5. The highest BCUT2D eigenvalue weighted by Gasteiger charge is 2.45. The van der Waals surface area contributed by atoms with Crippen molar-refractivity contribution in [2.75, 3.05) is 34.2 Å². The molecule has 2 aliphatic rings. The van der Waals surface area contributed by atoms with Gasteiger partial charge >= 0.3 is 0 Å². The summed E-state index contributed by atoms with van der Waals surface area (Å²) < 4.78 is 0. The first-order valence-corrected chi connectivity index (χ1v) is 7.64. The number of hydrogen-bond donors (Lipinski definition) is 1. The molecular weight excluding hydrogens is 238 g/mol. The van der Waals surface area contributed by atoms with E-state index in [2.05, 4.69) is 31.2 Å². The van der Waals surface area contributed by atoms with Gasteiger partial charge in [-0.2, -0.15) is 0 Å². The molecule has 1 aliphatic carbocycles. The number of carbonyl (C=O) groups is 1. The fraction of sp³-hybridized carbons (Fsp3) is 0.933. The van der Waals surface area contributed by atoms with Crippen LogP contribution >= 0.6 is 0 Å². The van der Waals surface area contributed by atoms with Crippen LogP contribution in [-0.4, -0.2) is 61.0 Å². The average molecular weight is 267 g/mol. The molecule has 1 aliphatic heterocycles. The Labute approximate surface area is 117 Å². The van der Waals surface area contributed by atoms with E-state index in [0.29, 0.717) is 5.91 Å². The van der Waals surface area contributed by atoms with E-state index in [1.807, 2.05) is 11.9 Å². The van der Waals surface area contributed by atoms with Crippen LogP contribution in [0.25, 0.3) is 0 Å². The fourth-order valence-corrected chi connectivity index (χ4v) is 3.65. The molecule has 0 spiro atoms. The van der Waals surface area contributed by atoms with Crippen molar-refractivity contribution < 1.29 is 4.79 Å². The Hall–Kier alpha value is -0.610. The second-order valence-corrected chi connectivity index (χ2v) is 6.60. The molecule has 0 aromatic heterocycles. The molecule has 1 saturated heterocycles. The molecule has 0 bridgehead atoms. The highest BCUT2D eigenvalue weighted by atomic mass is 16.2. The molecule has 1 N–H and O–H groups in total. The standard InChI is InChI=1S/C15H29N3O/c1-5-15(10-7-11-16-15)13(19)18(4)12-14(17(2)3)8-6-9-14/h16H,5-12H2,1-4H3. The lowest BCUT2D eigenvalue weighted by atomic mass is 9.75. The highest BCUT2D eigenvalue weighted by molar-refractivity contribution is 5.86. The van der Waals surface area contributed by atoms with Gasteiger partial charge in [-0.1, -0.05) is 6.92 Å². The Morgan fingerprint density at radius 3 is 2.21 bits per heavy atom. The quantitative estimate of drug-likeness (QED) is 0.819. The van der Waals surface area contributed by atoms with E-state index in [4.69, 9.17) is 0 Å². The van der Waals surface area contributed by atoms with E-state index in [0.717, 1.165) is 32.4 Å². The molecule has 19 heavy (non-hydrogen) atoms. The maximum atomic E-state index is 12.8. The summed E-state index contributed by atoms with van der Waals surface area (Å²) in [5, 5.41) is 3.45. The lowest BCUT2D eigenvalue weighted by Gasteiger charge is -2.50. The normalized spacial score (nSPS) is 29.3. The van der Waals surface area contributed by atoms with Crippen LogP contribution < -0.4 is 5.32 Å².